The van der Waals surface area contributed by atoms with Crippen LogP contribution in [0.2, 0.25) is 0 Å². The molecule has 0 radical (unpaired) electrons. The summed E-state index contributed by atoms with van der Waals surface area (Å²) in [6.07, 6.45) is 1.52. The summed E-state index contributed by atoms with van der Waals surface area (Å²) in [5.74, 6) is 0. The van der Waals surface area contributed by atoms with E-state index in [2.05, 4.69) is 0 Å². The number of primary amides is 2. The van der Waals surface area contributed by atoms with Crippen LogP contribution in [0.3, 0.4) is 0 Å². The average Bonchev–Trinajstić information content (AvgIpc) is 1.64. The number of imide groups is 1. The van der Waals surface area contributed by atoms with Crippen LogP contribution in [0.15, 0.2) is 0 Å². The van der Waals surface area contributed by atoms with Crippen LogP contribution in [0.5, 0.6) is 0 Å². The predicted molar refractivity (Wildman–Crippen MR) is 34.5 cm³/mol. The highest BCUT2D eigenvalue weighted by atomic mass is 32.2. The van der Waals surface area contributed by atoms with Gasteiger partial charge in [0.2, 0.25) is 0 Å². The lowest BCUT2D eigenvalue weighted by Crippen LogP contribution is -2.38. The molecule has 0 aliphatic carbocycles. The summed E-state index contributed by atoms with van der Waals surface area (Å²) in [5, 5.41) is 0. The van der Waals surface area contributed by atoms with Crippen molar-refractivity contribution in [2.24, 2.45) is 11.5 Å². The number of nitrogens with two attached hydrogens (primary N) is 2. The molecule has 0 bridgehead atoms. The molecule has 0 aromatic carbocycles. The molecule has 0 fully saturated rings. The third-order valence-electron chi connectivity index (χ3n) is 0.583. The van der Waals surface area contributed by atoms with Gasteiger partial charge in [-0.3, -0.25) is 0 Å². The number of carbonyl (C=O) groups excluding carboxylic acids is 2. The Kier molecular flexibility index (Phi) is 2.86. The van der Waals surface area contributed by atoms with E-state index in [-0.39, 0.29) is 0 Å². The monoisotopic (exact) mass is 149 g/mol. The maximum Gasteiger partial charge on any atom is 0.333 e. The van der Waals surface area contributed by atoms with E-state index in [0.29, 0.717) is 4.31 Å². The number of carbonyl (C=O) groups is 2. The van der Waals surface area contributed by atoms with Crippen LogP contribution in [-0.4, -0.2) is 22.6 Å². The molecule has 52 valence electrons. The van der Waals surface area contributed by atoms with E-state index in [0.717, 1.165) is 11.9 Å². The lowest BCUT2D eigenvalue weighted by Gasteiger charge is -2.09. The van der Waals surface area contributed by atoms with Gasteiger partial charge in [-0.15, -0.1) is 0 Å². The molecule has 0 aromatic rings. The molecular formula is C3H7N3O2S. The molecule has 0 heterocycles. The second kappa shape index (κ2) is 3.18. The third kappa shape index (κ3) is 2.22. The summed E-state index contributed by atoms with van der Waals surface area (Å²) in [6.45, 7) is 0. The Morgan fingerprint density at radius 1 is 1.33 bits per heavy atom. The molecule has 0 rings (SSSR count). The molecule has 0 aliphatic rings. The Morgan fingerprint density at radius 2 is 1.67 bits per heavy atom. The minimum absolute atomic E-state index is 0.653. The van der Waals surface area contributed by atoms with Crippen LogP contribution in [0, 0.1) is 0 Å². The molecule has 4 amide bonds. The maximum atomic E-state index is 10.2. The van der Waals surface area contributed by atoms with Gasteiger partial charge in [-0.1, -0.05) is 0 Å². The third-order valence-corrected chi connectivity index (χ3v) is 1.31. The number of amides is 4. The summed E-state index contributed by atoms with van der Waals surface area (Å²) in [5.41, 5.74) is 9.43. The predicted octanol–water partition coefficient (Wildman–Crippen LogP) is -0.276. The molecule has 6 heteroatoms. The van der Waals surface area contributed by atoms with Gasteiger partial charge in [0, 0.05) is 6.26 Å². The summed E-state index contributed by atoms with van der Waals surface area (Å²) in [7, 11) is 0. The van der Waals surface area contributed by atoms with Crippen molar-refractivity contribution in [1.82, 2.24) is 4.31 Å². The fourth-order valence-corrected chi connectivity index (χ4v) is 0.648. The van der Waals surface area contributed by atoms with E-state index < -0.39 is 12.1 Å². The number of hydrogen-bond donors (Lipinski definition) is 2. The zero-order chi connectivity index (χ0) is 7.44. The van der Waals surface area contributed by atoms with Crippen LogP contribution in [-0.2, 0) is 0 Å². The molecule has 0 unspecified atom stereocenters. The van der Waals surface area contributed by atoms with Gasteiger partial charge in [0.25, 0.3) is 0 Å². The molecule has 9 heavy (non-hydrogen) atoms. The van der Waals surface area contributed by atoms with Crippen molar-refractivity contribution in [1.29, 1.82) is 0 Å². The Labute approximate surface area is 56.5 Å². The van der Waals surface area contributed by atoms with Gasteiger partial charge in [-0.25, -0.2) is 9.59 Å². The average molecular weight is 149 g/mol. The standard InChI is InChI=1S/C3H7N3O2S/c1-9-6(2(4)7)3(5)8/h1H3,(H2,4,7)(H2,5,8). The fourth-order valence-electron chi connectivity index (χ4n) is 0.289. The van der Waals surface area contributed by atoms with E-state index in [4.69, 9.17) is 11.5 Å². The minimum Gasteiger partial charge on any atom is -0.350 e. The second-order valence-corrected chi connectivity index (χ2v) is 1.88. The first-order chi connectivity index (χ1) is 4.09. The Balaban J connectivity index is 3.99. The van der Waals surface area contributed by atoms with Crippen LogP contribution in [0.1, 0.15) is 0 Å². The first kappa shape index (κ1) is 8.09. The van der Waals surface area contributed by atoms with E-state index in [1.165, 1.54) is 6.26 Å². The van der Waals surface area contributed by atoms with E-state index >= 15 is 0 Å². The van der Waals surface area contributed by atoms with Gasteiger partial charge < -0.3 is 11.5 Å². The largest absolute Gasteiger partial charge is 0.350 e. The highest BCUT2D eigenvalue weighted by molar-refractivity contribution is 7.97. The van der Waals surface area contributed by atoms with Gasteiger partial charge in [0.1, 0.15) is 0 Å². The maximum absolute atomic E-state index is 10.2. The van der Waals surface area contributed by atoms with Crippen molar-refractivity contribution >= 4 is 24.0 Å². The number of rotatable bonds is 1. The van der Waals surface area contributed by atoms with Gasteiger partial charge in [-0.05, 0) is 11.9 Å². The molecule has 0 spiro atoms. The van der Waals surface area contributed by atoms with Crippen LogP contribution >= 0.6 is 11.9 Å². The number of hydrogen-bond acceptors (Lipinski definition) is 3. The summed E-state index contributed by atoms with van der Waals surface area (Å²) in [6, 6.07) is -1.70. The SMILES string of the molecule is CSN(C(N)=O)C(N)=O. The number of urea groups is 2. The van der Waals surface area contributed by atoms with Crippen molar-refractivity contribution in [3.05, 3.63) is 0 Å². The van der Waals surface area contributed by atoms with Gasteiger partial charge in [0.15, 0.2) is 0 Å². The van der Waals surface area contributed by atoms with Crippen molar-refractivity contribution in [2.75, 3.05) is 6.26 Å². The van der Waals surface area contributed by atoms with Gasteiger partial charge >= 0.3 is 12.1 Å². The van der Waals surface area contributed by atoms with Crippen molar-refractivity contribution < 1.29 is 9.59 Å². The number of nitrogens with zero attached hydrogens (tertiary/aromatic N) is 1. The highest BCUT2D eigenvalue weighted by Gasteiger charge is 2.12. The van der Waals surface area contributed by atoms with Gasteiger partial charge in [0.05, 0.1) is 0 Å². The Hall–Kier alpha value is -0.910. The molecule has 0 saturated heterocycles. The molecule has 4 N–H and O–H groups in total. The molecular weight excluding hydrogens is 142 g/mol. The second-order valence-electron chi connectivity index (χ2n) is 1.15. The normalized spacial score (nSPS) is 8.56. The zero-order valence-corrected chi connectivity index (χ0v) is 5.64. The Morgan fingerprint density at radius 3 is 1.67 bits per heavy atom. The summed E-state index contributed by atoms with van der Waals surface area (Å²) < 4.78 is 0.653. The van der Waals surface area contributed by atoms with Gasteiger partial charge in [-0.2, -0.15) is 4.31 Å². The smallest absolute Gasteiger partial charge is 0.333 e. The first-order valence-electron chi connectivity index (χ1n) is 2.02. The molecule has 0 atom stereocenters. The highest BCUT2D eigenvalue weighted by Crippen LogP contribution is 2.01. The minimum atomic E-state index is -0.852. The lowest BCUT2D eigenvalue weighted by molar-refractivity contribution is 0.221. The quantitative estimate of drug-likeness (QED) is 0.502. The topological polar surface area (TPSA) is 89.4 Å². The van der Waals surface area contributed by atoms with Crippen LogP contribution in [0.4, 0.5) is 9.59 Å². The lowest BCUT2D eigenvalue weighted by atomic mass is 10.9. The van der Waals surface area contributed by atoms with Crippen molar-refractivity contribution in [3.63, 3.8) is 0 Å². The van der Waals surface area contributed by atoms with E-state index in [9.17, 15) is 9.59 Å². The van der Waals surface area contributed by atoms with Crippen molar-refractivity contribution in [2.45, 2.75) is 0 Å². The van der Waals surface area contributed by atoms with Crippen LogP contribution in [0.25, 0.3) is 0 Å². The van der Waals surface area contributed by atoms with E-state index in [1.54, 1.807) is 0 Å². The Bertz CT molecular complexity index is 123. The molecule has 5 nitrogen and oxygen atoms in total. The van der Waals surface area contributed by atoms with Crippen LogP contribution < -0.4 is 11.5 Å². The molecule has 0 saturated carbocycles. The summed E-state index contributed by atoms with van der Waals surface area (Å²) >= 11 is 0.870. The first-order valence-corrected chi connectivity index (χ1v) is 3.21. The zero-order valence-electron chi connectivity index (χ0n) is 4.83. The fraction of sp³-hybridized carbons (Fsp3) is 0.333. The molecule has 0 aliphatic heterocycles. The molecule has 0 aromatic heterocycles. The summed E-state index contributed by atoms with van der Waals surface area (Å²) in [4.78, 5) is 20.4. The van der Waals surface area contributed by atoms with E-state index in [1.807, 2.05) is 0 Å². The van der Waals surface area contributed by atoms with Crippen molar-refractivity contribution in [3.8, 4) is 0 Å².